The molecule has 0 atom stereocenters. The average Bonchev–Trinajstić information content (AvgIpc) is 2.21. The molecule has 0 saturated carbocycles. The highest BCUT2D eigenvalue weighted by Crippen LogP contribution is 2.42. The number of nitrogens with two attached hydrogens (primary N) is 1. The second-order valence-corrected chi connectivity index (χ2v) is 4.97. The zero-order chi connectivity index (χ0) is 10.5. The Morgan fingerprint density at radius 3 is 2.64 bits per heavy atom. The van der Waals surface area contributed by atoms with Gasteiger partial charge in [0, 0.05) is 30.4 Å². The summed E-state index contributed by atoms with van der Waals surface area (Å²) in [5.41, 5.74) is 11.0. The van der Waals surface area contributed by atoms with Gasteiger partial charge >= 0.3 is 0 Å². The van der Waals surface area contributed by atoms with Crippen LogP contribution >= 0.6 is 0 Å². The van der Waals surface area contributed by atoms with Crippen molar-refractivity contribution in [3.05, 3.63) is 23.3 Å². The Bertz CT molecular complexity index is 380. The minimum Gasteiger partial charge on any atom is -0.399 e. The third-order valence-electron chi connectivity index (χ3n) is 3.07. The van der Waals surface area contributed by atoms with Crippen molar-refractivity contribution in [1.29, 1.82) is 0 Å². The number of benzene rings is 1. The first-order valence-corrected chi connectivity index (χ1v) is 5.03. The Balaban J connectivity index is 2.69. The molecule has 2 rings (SSSR count). The maximum absolute atomic E-state index is 5.88. The summed E-state index contributed by atoms with van der Waals surface area (Å²) in [4.78, 5) is 2.32. The molecule has 0 bridgehead atoms. The van der Waals surface area contributed by atoms with Gasteiger partial charge in [-0.1, -0.05) is 13.8 Å². The van der Waals surface area contributed by atoms with Gasteiger partial charge in [-0.05, 0) is 30.2 Å². The van der Waals surface area contributed by atoms with Crippen LogP contribution in [-0.2, 0) is 5.41 Å². The van der Waals surface area contributed by atoms with E-state index in [4.69, 9.17) is 5.73 Å². The van der Waals surface area contributed by atoms with E-state index in [0.717, 1.165) is 12.2 Å². The Morgan fingerprint density at radius 1 is 1.36 bits per heavy atom. The van der Waals surface area contributed by atoms with Crippen LogP contribution in [0.15, 0.2) is 12.1 Å². The number of hydrogen-bond acceptors (Lipinski definition) is 2. The summed E-state index contributed by atoms with van der Waals surface area (Å²) in [6.07, 6.45) is 0. The number of nitrogen functional groups attached to an aromatic ring is 1. The molecule has 1 aromatic rings. The normalized spacial score (nSPS) is 18.4. The van der Waals surface area contributed by atoms with Crippen molar-refractivity contribution in [3.63, 3.8) is 0 Å². The number of hydrogen-bond donors (Lipinski definition) is 1. The Morgan fingerprint density at radius 2 is 2.00 bits per heavy atom. The standard InChI is InChI=1S/C12H18N2/c1-8-5-9(13)6-10-11(8)14(4)7-12(10,2)3/h5-6H,7,13H2,1-4H3. The molecule has 2 heteroatoms. The second kappa shape index (κ2) is 2.66. The van der Waals surface area contributed by atoms with Crippen molar-refractivity contribution < 1.29 is 0 Å². The van der Waals surface area contributed by atoms with Crippen molar-refractivity contribution in [2.45, 2.75) is 26.2 Å². The largest absolute Gasteiger partial charge is 0.399 e. The van der Waals surface area contributed by atoms with Crippen LogP contribution in [0.4, 0.5) is 11.4 Å². The molecule has 1 aliphatic rings. The minimum absolute atomic E-state index is 0.226. The van der Waals surface area contributed by atoms with Crippen molar-refractivity contribution in [3.8, 4) is 0 Å². The molecule has 0 aliphatic carbocycles. The molecule has 76 valence electrons. The summed E-state index contributed by atoms with van der Waals surface area (Å²) >= 11 is 0. The molecule has 14 heavy (non-hydrogen) atoms. The zero-order valence-corrected chi connectivity index (χ0v) is 9.39. The summed E-state index contributed by atoms with van der Waals surface area (Å²) in [6, 6.07) is 4.17. The van der Waals surface area contributed by atoms with Gasteiger partial charge in [-0.25, -0.2) is 0 Å². The lowest BCUT2D eigenvalue weighted by molar-refractivity contribution is 0.563. The summed E-state index contributed by atoms with van der Waals surface area (Å²) in [5.74, 6) is 0. The van der Waals surface area contributed by atoms with Crippen LogP contribution in [-0.4, -0.2) is 13.6 Å². The predicted octanol–water partition coefficient (Wildman–Crippen LogP) is 2.30. The number of likely N-dealkylation sites (N-methyl/N-ethyl adjacent to an activating group) is 1. The Labute approximate surface area is 85.7 Å². The Hall–Kier alpha value is -1.18. The monoisotopic (exact) mass is 190 g/mol. The first-order chi connectivity index (χ1) is 6.42. The van der Waals surface area contributed by atoms with Crippen molar-refractivity contribution >= 4 is 11.4 Å². The van der Waals surface area contributed by atoms with Gasteiger partial charge < -0.3 is 10.6 Å². The summed E-state index contributed by atoms with van der Waals surface area (Å²) in [6.45, 7) is 7.75. The van der Waals surface area contributed by atoms with Crippen LogP contribution in [0.3, 0.4) is 0 Å². The smallest absolute Gasteiger partial charge is 0.0433 e. The fourth-order valence-corrected chi connectivity index (χ4v) is 2.59. The average molecular weight is 190 g/mol. The van der Waals surface area contributed by atoms with E-state index in [1.807, 2.05) is 0 Å². The molecule has 0 radical (unpaired) electrons. The van der Waals surface area contributed by atoms with Crippen LogP contribution in [0.2, 0.25) is 0 Å². The molecule has 0 amide bonds. The van der Waals surface area contributed by atoms with Gasteiger partial charge in [-0.15, -0.1) is 0 Å². The molecule has 1 heterocycles. The van der Waals surface area contributed by atoms with Crippen molar-refractivity contribution in [1.82, 2.24) is 0 Å². The molecular weight excluding hydrogens is 172 g/mol. The maximum Gasteiger partial charge on any atom is 0.0433 e. The fraction of sp³-hybridized carbons (Fsp3) is 0.500. The second-order valence-electron chi connectivity index (χ2n) is 4.97. The van der Waals surface area contributed by atoms with E-state index in [9.17, 15) is 0 Å². The molecule has 2 N–H and O–H groups in total. The van der Waals surface area contributed by atoms with E-state index in [-0.39, 0.29) is 5.41 Å². The molecular formula is C12H18N2. The maximum atomic E-state index is 5.88. The van der Waals surface area contributed by atoms with Crippen LogP contribution in [0.1, 0.15) is 25.0 Å². The van der Waals surface area contributed by atoms with Crippen molar-refractivity contribution in [2.75, 3.05) is 24.2 Å². The number of nitrogens with zero attached hydrogens (tertiary/aromatic N) is 1. The molecule has 1 aliphatic heterocycles. The van der Waals surface area contributed by atoms with Crippen LogP contribution in [0.5, 0.6) is 0 Å². The highest BCUT2D eigenvalue weighted by molar-refractivity contribution is 5.70. The van der Waals surface area contributed by atoms with Crippen LogP contribution < -0.4 is 10.6 Å². The third-order valence-corrected chi connectivity index (χ3v) is 3.07. The molecule has 0 spiro atoms. The van der Waals surface area contributed by atoms with E-state index in [1.54, 1.807) is 0 Å². The summed E-state index contributed by atoms with van der Waals surface area (Å²) < 4.78 is 0. The SMILES string of the molecule is Cc1cc(N)cc2c1N(C)CC2(C)C. The topological polar surface area (TPSA) is 29.3 Å². The fourth-order valence-electron chi connectivity index (χ4n) is 2.59. The highest BCUT2D eigenvalue weighted by atomic mass is 15.1. The predicted molar refractivity (Wildman–Crippen MR) is 61.9 cm³/mol. The van der Waals surface area contributed by atoms with E-state index in [0.29, 0.717) is 0 Å². The zero-order valence-electron chi connectivity index (χ0n) is 9.39. The van der Waals surface area contributed by atoms with Gasteiger partial charge in [-0.2, -0.15) is 0 Å². The van der Waals surface area contributed by atoms with Gasteiger partial charge in [-0.3, -0.25) is 0 Å². The van der Waals surface area contributed by atoms with E-state index >= 15 is 0 Å². The van der Waals surface area contributed by atoms with Crippen LogP contribution in [0.25, 0.3) is 0 Å². The van der Waals surface area contributed by atoms with Gasteiger partial charge in [0.2, 0.25) is 0 Å². The summed E-state index contributed by atoms with van der Waals surface area (Å²) in [5, 5.41) is 0. The molecule has 2 nitrogen and oxygen atoms in total. The summed E-state index contributed by atoms with van der Waals surface area (Å²) in [7, 11) is 2.15. The van der Waals surface area contributed by atoms with E-state index in [1.165, 1.54) is 16.8 Å². The van der Waals surface area contributed by atoms with Gasteiger partial charge in [0.05, 0.1) is 0 Å². The Kier molecular flexibility index (Phi) is 1.78. The lowest BCUT2D eigenvalue weighted by atomic mass is 9.86. The van der Waals surface area contributed by atoms with Crippen molar-refractivity contribution in [2.24, 2.45) is 0 Å². The molecule has 0 unspecified atom stereocenters. The number of aryl methyl sites for hydroxylation is 1. The number of fused-ring (bicyclic) bond motifs is 1. The third kappa shape index (κ3) is 1.17. The molecule has 1 aromatic carbocycles. The van der Waals surface area contributed by atoms with Gasteiger partial charge in [0.15, 0.2) is 0 Å². The lowest BCUT2D eigenvalue weighted by Crippen LogP contribution is -2.25. The van der Waals surface area contributed by atoms with E-state index in [2.05, 4.69) is 44.9 Å². The van der Waals surface area contributed by atoms with Crippen LogP contribution in [0, 0.1) is 6.92 Å². The first kappa shape index (κ1) is 9.38. The van der Waals surface area contributed by atoms with Gasteiger partial charge in [0.25, 0.3) is 0 Å². The first-order valence-electron chi connectivity index (χ1n) is 5.03. The minimum atomic E-state index is 0.226. The number of anilines is 2. The van der Waals surface area contributed by atoms with Gasteiger partial charge in [0.1, 0.15) is 0 Å². The number of rotatable bonds is 0. The van der Waals surface area contributed by atoms with E-state index < -0.39 is 0 Å². The molecule has 0 aromatic heterocycles. The lowest BCUT2D eigenvalue weighted by Gasteiger charge is -2.18. The quantitative estimate of drug-likeness (QED) is 0.636. The molecule has 0 saturated heterocycles. The molecule has 0 fully saturated rings. The highest BCUT2D eigenvalue weighted by Gasteiger charge is 2.34.